The van der Waals surface area contributed by atoms with Gasteiger partial charge in [-0.2, -0.15) is 0 Å². The van der Waals surface area contributed by atoms with Crippen LogP contribution in [0, 0.1) is 0 Å². The van der Waals surface area contributed by atoms with Crippen molar-refractivity contribution >= 4 is 12.0 Å². The minimum Gasteiger partial charge on any atom is -0.480 e. The Morgan fingerprint density at radius 3 is 2.40 bits per heavy atom. The van der Waals surface area contributed by atoms with Crippen molar-refractivity contribution in [1.82, 2.24) is 10.2 Å². The lowest BCUT2D eigenvalue weighted by Crippen LogP contribution is -2.47. The first-order chi connectivity index (χ1) is 9.52. The fourth-order valence-electron chi connectivity index (χ4n) is 1.38. The summed E-state index contributed by atoms with van der Waals surface area (Å²) in [5.41, 5.74) is 0. The van der Waals surface area contributed by atoms with Crippen LogP contribution in [0.5, 0.6) is 0 Å². The van der Waals surface area contributed by atoms with Crippen molar-refractivity contribution in [3.05, 3.63) is 12.7 Å². The van der Waals surface area contributed by atoms with E-state index in [9.17, 15) is 9.59 Å². The number of aliphatic hydroxyl groups excluding tert-OH is 1. The van der Waals surface area contributed by atoms with Crippen LogP contribution in [0.3, 0.4) is 0 Å². The van der Waals surface area contributed by atoms with Gasteiger partial charge < -0.3 is 20.4 Å². The zero-order valence-electron chi connectivity index (χ0n) is 12.8. The highest BCUT2D eigenvalue weighted by molar-refractivity contribution is 5.82. The molecule has 118 valence electrons. The molecule has 6 nitrogen and oxygen atoms in total. The van der Waals surface area contributed by atoms with Crippen molar-refractivity contribution < 1.29 is 19.8 Å². The zero-order chi connectivity index (χ0) is 16.0. The SMILES string of the molecule is C=CCCCCN(C)C(=O)NC(CCO)C(=O)O.CC. The quantitative estimate of drug-likeness (QED) is 0.446. The van der Waals surface area contributed by atoms with Crippen LogP contribution < -0.4 is 5.32 Å². The monoisotopic (exact) mass is 288 g/mol. The van der Waals surface area contributed by atoms with Crippen molar-refractivity contribution in [2.75, 3.05) is 20.2 Å². The summed E-state index contributed by atoms with van der Waals surface area (Å²) in [5.74, 6) is -1.14. The molecule has 0 aromatic rings. The number of urea groups is 1. The fourth-order valence-corrected chi connectivity index (χ4v) is 1.38. The Bertz CT molecular complexity index is 282. The summed E-state index contributed by atoms with van der Waals surface area (Å²) in [6.07, 6.45) is 4.51. The van der Waals surface area contributed by atoms with Crippen molar-refractivity contribution in [2.45, 2.75) is 45.6 Å². The Morgan fingerprint density at radius 1 is 1.35 bits per heavy atom. The van der Waals surface area contributed by atoms with Crippen molar-refractivity contribution in [3.8, 4) is 0 Å². The molecule has 0 spiro atoms. The van der Waals surface area contributed by atoms with E-state index in [-0.39, 0.29) is 13.0 Å². The number of allylic oxidation sites excluding steroid dienone is 1. The van der Waals surface area contributed by atoms with Crippen LogP contribution in [0.15, 0.2) is 12.7 Å². The molecule has 0 radical (unpaired) electrons. The second kappa shape index (κ2) is 13.9. The van der Waals surface area contributed by atoms with Gasteiger partial charge in [0.1, 0.15) is 6.04 Å². The molecule has 0 fully saturated rings. The molecule has 2 amide bonds. The van der Waals surface area contributed by atoms with Gasteiger partial charge in [0.2, 0.25) is 0 Å². The number of rotatable bonds is 9. The number of aliphatic hydroxyl groups is 1. The number of amides is 2. The Labute approximate surface area is 121 Å². The summed E-state index contributed by atoms with van der Waals surface area (Å²) in [4.78, 5) is 23.9. The van der Waals surface area contributed by atoms with Gasteiger partial charge in [-0.15, -0.1) is 6.58 Å². The van der Waals surface area contributed by atoms with Gasteiger partial charge in [-0.25, -0.2) is 9.59 Å². The van der Waals surface area contributed by atoms with Crippen LogP contribution in [0.4, 0.5) is 4.79 Å². The number of nitrogens with one attached hydrogen (secondary N) is 1. The molecule has 3 N–H and O–H groups in total. The maximum Gasteiger partial charge on any atom is 0.326 e. The lowest BCUT2D eigenvalue weighted by atomic mass is 10.2. The fraction of sp³-hybridized carbons (Fsp3) is 0.714. The minimum atomic E-state index is -1.14. The molecule has 6 heteroatoms. The number of carbonyl (C=O) groups excluding carboxylic acids is 1. The highest BCUT2D eigenvalue weighted by atomic mass is 16.4. The largest absolute Gasteiger partial charge is 0.480 e. The van der Waals surface area contributed by atoms with Gasteiger partial charge in [0, 0.05) is 26.6 Å². The van der Waals surface area contributed by atoms with E-state index in [0.717, 1.165) is 19.3 Å². The second-order valence-electron chi connectivity index (χ2n) is 4.06. The van der Waals surface area contributed by atoms with Gasteiger partial charge in [-0.3, -0.25) is 0 Å². The van der Waals surface area contributed by atoms with Crippen LogP contribution in [-0.4, -0.2) is 53.4 Å². The number of hydrogen-bond acceptors (Lipinski definition) is 3. The number of carboxylic acids is 1. The third-order valence-corrected chi connectivity index (χ3v) is 2.51. The van der Waals surface area contributed by atoms with E-state index in [1.807, 2.05) is 19.9 Å². The van der Waals surface area contributed by atoms with Crippen LogP contribution >= 0.6 is 0 Å². The van der Waals surface area contributed by atoms with Crippen LogP contribution in [-0.2, 0) is 4.79 Å². The second-order valence-corrected chi connectivity index (χ2v) is 4.06. The average Bonchev–Trinajstić information content (AvgIpc) is 2.44. The third kappa shape index (κ3) is 10.4. The first-order valence-corrected chi connectivity index (χ1v) is 6.99. The molecule has 1 atom stereocenters. The molecule has 0 heterocycles. The highest BCUT2D eigenvalue weighted by Gasteiger charge is 2.20. The normalized spacial score (nSPS) is 10.8. The minimum absolute atomic E-state index is 0.00533. The Kier molecular flexibility index (Phi) is 14.4. The van der Waals surface area contributed by atoms with Gasteiger partial charge >= 0.3 is 12.0 Å². The maximum absolute atomic E-state index is 11.6. The van der Waals surface area contributed by atoms with Crippen molar-refractivity contribution in [3.63, 3.8) is 0 Å². The smallest absolute Gasteiger partial charge is 0.326 e. The molecule has 0 aromatic carbocycles. The number of unbranched alkanes of at least 4 members (excludes halogenated alkanes) is 2. The molecule has 1 unspecified atom stereocenters. The molecule has 0 aliphatic rings. The molecule has 0 bridgehead atoms. The van der Waals surface area contributed by atoms with Gasteiger partial charge in [-0.1, -0.05) is 19.9 Å². The van der Waals surface area contributed by atoms with Gasteiger partial charge in [-0.05, 0) is 19.3 Å². The first kappa shape index (κ1) is 20.8. The molecular weight excluding hydrogens is 260 g/mol. The number of carboxylic acid groups (broad SMARTS) is 1. The Morgan fingerprint density at radius 2 is 1.95 bits per heavy atom. The van der Waals surface area contributed by atoms with Crippen LogP contribution in [0.25, 0.3) is 0 Å². The number of aliphatic carboxylic acids is 1. The zero-order valence-corrected chi connectivity index (χ0v) is 12.8. The van der Waals surface area contributed by atoms with E-state index < -0.39 is 18.0 Å². The summed E-state index contributed by atoms with van der Waals surface area (Å²) in [6.45, 7) is 7.89. The molecule has 0 aliphatic heterocycles. The van der Waals surface area contributed by atoms with Crippen molar-refractivity contribution in [2.24, 2.45) is 0 Å². The topological polar surface area (TPSA) is 89.9 Å². The van der Waals surface area contributed by atoms with E-state index in [2.05, 4.69) is 11.9 Å². The summed E-state index contributed by atoms with van der Waals surface area (Å²) in [5, 5.41) is 19.9. The molecule has 0 aliphatic carbocycles. The molecule has 0 aromatic heterocycles. The highest BCUT2D eigenvalue weighted by Crippen LogP contribution is 1.99. The lowest BCUT2D eigenvalue weighted by Gasteiger charge is -2.20. The predicted molar refractivity (Wildman–Crippen MR) is 79.7 cm³/mol. The summed E-state index contributed by atoms with van der Waals surface area (Å²) < 4.78 is 0. The molecule has 0 rings (SSSR count). The molecule has 0 saturated heterocycles. The molecule has 20 heavy (non-hydrogen) atoms. The average molecular weight is 288 g/mol. The first-order valence-electron chi connectivity index (χ1n) is 6.99. The Hall–Kier alpha value is -1.56. The van der Waals surface area contributed by atoms with Gasteiger partial charge in [0.25, 0.3) is 0 Å². The van der Waals surface area contributed by atoms with Gasteiger partial charge in [0.15, 0.2) is 0 Å². The number of carbonyl (C=O) groups is 2. The molecular formula is C14H28N2O4. The van der Waals surface area contributed by atoms with Gasteiger partial charge in [0.05, 0.1) is 0 Å². The Balaban J connectivity index is 0. The molecule has 0 saturated carbocycles. The van der Waals surface area contributed by atoms with E-state index in [0.29, 0.717) is 6.54 Å². The third-order valence-electron chi connectivity index (χ3n) is 2.51. The van der Waals surface area contributed by atoms with E-state index in [1.54, 1.807) is 7.05 Å². The summed E-state index contributed by atoms with van der Waals surface area (Å²) in [6, 6.07) is -1.48. The predicted octanol–water partition coefficient (Wildman–Crippen LogP) is 1.85. The number of hydrogen-bond donors (Lipinski definition) is 3. The maximum atomic E-state index is 11.6. The lowest BCUT2D eigenvalue weighted by molar-refractivity contribution is -0.139. The summed E-state index contributed by atoms with van der Waals surface area (Å²) in [7, 11) is 1.61. The van der Waals surface area contributed by atoms with Crippen LogP contribution in [0.1, 0.15) is 39.5 Å². The van der Waals surface area contributed by atoms with E-state index in [1.165, 1.54) is 4.90 Å². The van der Waals surface area contributed by atoms with E-state index >= 15 is 0 Å². The van der Waals surface area contributed by atoms with Crippen LogP contribution in [0.2, 0.25) is 0 Å². The van der Waals surface area contributed by atoms with Crippen molar-refractivity contribution in [1.29, 1.82) is 0 Å². The summed E-state index contributed by atoms with van der Waals surface area (Å²) >= 11 is 0. The van der Waals surface area contributed by atoms with E-state index in [4.69, 9.17) is 10.2 Å². The standard InChI is InChI=1S/C12H22N2O4.C2H6/c1-3-4-5-6-8-14(2)12(18)13-10(7-9-15)11(16)17;1-2/h3,10,15H,1,4-9H2,2H3,(H,13,18)(H,16,17);1-2H3. The number of nitrogens with zero attached hydrogens (tertiary/aromatic N) is 1.